The van der Waals surface area contributed by atoms with E-state index in [0.717, 1.165) is 36.8 Å². The van der Waals surface area contributed by atoms with Crippen LogP contribution in [0, 0.1) is 13.8 Å². The zero-order chi connectivity index (χ0) is 15.5. The summed E-state index contributed by atoms with van der Waals surface area (Å²) in [4.78, 5) is 0.468. The standard InChI is InChI=1S/C18H23NO2S/c1-12-3-8-18(9-13(12)2)22(20,21)19-16-6-7-17(19)11-15(10-16)14-4-5-14/h3,8-9,16-17H,4-7,10-11H2,1-2H3. The van der Waals surface area contributed by atoms with Crippen molar-refractivity contribution in [3.63, 3.8) is 0 Å². The molecule has 22 heavy (non-hydrogen) atoms. The fourth-order valence-corrected chi connectivity index (χ4v) is 6.02. The van der Waals surface area contributed by atoms with Crippen molar-refractivity contribution in [1.29, 1.82) is 0 Å². The van der Waals surface area contributed by atoms with E-state index < -0.39 is 10.0 Å². The highest BCUT2D eigenvalue weighted by Gasteiger charge is 2.46. The van der Waals surface area contributed by atoms with Crippen molar-refractivity contribution >= 4 is 10.0 Å². The van der Waals surface area contributed by atoms with Crippen LogP contribution in [0.15, 0.2) is 34.2 Å². The summed E-state index contributed by atoms with van der Waals surface area (Å²) in [6.45, 7) is 4.00. The number of hydrogen-bond acceptors (Lipinski definition) is 2. The molecule has 2 bridgehead atoms. The van der Waals surface area contributed by atoms with Crippen molar-refractivity contribution in [3.05, 3.63) is 40.5 Å². The molecule has 118 valence electrons. The summed E-state index contributed by atoms with van der Waals surface area (Å²) in [6, 6.07) is 5.90. The van der Waals surface area contributed by atoms with Crippen LogP contribution >= 0.6 is 0 Å². The minimum absolute atomic E-state index is 0.188. The van der Waals surface area contributed by atoms with E-state index in [0.29, 0.717) is 4.90 Å². The van der Waals surface area contributed by atoms with Gasteiger partial charge < -0.3 is 0 Å². The molecule has 1 saturated carbocycles. The first-order chi connectivity index (χ1) is 10.5. The predicted molar refractivity (Wildman–Crippen MR) is 87.2 cm³/mol. The smallest absolute Gasteiger partial charge is 0.207 e. The van der Waals surface area contributed by atoms with Gasteiger partial charge in [-0.15, -0.1) is 0 Å². The summed E-state index contributed by atoms with van der Waals surface area (Å²) in [5.74, 6) is 0. The fourth-order valence-electron chi connectivity index (χ4n) is 4.07. The minimum Gasteiger partial charge on any atom is -0.207 e. The quantitative estimate of drug-likeness (QED) is 0.780. The minimum atomic E-state index is -3.36. The molecule has 2 saturated heterocycles. The first-order valence-corrected chi connectivity index (χ1v) is 9.71. The van der Waals surface area contributed by atoms with Crippen LogP contribution in [-0.4, -0.2) is 24.8 Å². The summed E-state index contributed by atoms with van der Waals surface area (Å²) in [5, 5.41) is 0. The monoisotopic (exact) mass is 317 g/mol. The van der Waals surface area contributed by atoms with Gasteiger partial charge in [-0.3, -0.25) is 0 Å². The molecule has 2 atom stereocenters. The summed E-state index contributed by atoms with van der Waals surface area (Å²) in [5.41, 5.74) is 5.37. The molecule has 4 heteroatoms. The lowest BCUT2D eigenvalue weighted by Gasteiger charge is -2.35. The molecule has 4 rings (SSSR count). The zero-order valence-electron chi connectivity index (χ0n) is 13.3. The lowest BCUT2D eigenvalue weighted by molar-refractivity contribution is 0.284. The predicted octanol–water partition coefficient (Wildman–Crippen LogP) is 3.71. The van der Waals surface area contributed by atoms with Crippen LogP contribution in [0.5, 0.6) is 0 Å². The number of hydrogen-bond donors (Lipinski definition) is 0. The number of sulfonamides is 1. The summed E-state index contributed by atoms with van der Waals surface area (Å²) < 4.78 is 28.1. The largest absolute Gasteiger partial charge is 0.243 e. The Kier molecular flexibility index (Phi) is 3.24. The Morgan fingerprint density at radius 1 is 0.955 bits per heavy atom. The number of piperidine rings is 1. The van der Waals surface area contributed by atoms with E-state index in [2.05, 4.69) is 0 Å². The maximum Gasteiger partial charge on any atom is 0.243 e. The van der Waals surface area contributed by atoms with Gasteiger partial charge in [-0.2, -0.15) is 4.31 Å². The lowest BCUT2D eigenvalue weighted by atomic mass is 9.98. The molecular weight excluding hydrogens is 294 g/mol. The second-order valence-electron chi connectivity index (χ2n) is 7.08. The number of aryl methyl sites for hydroxylation is 2. The first kappa shape index (κ1) is 14.5. The average molecular weight is 317 g/mol. The van der Waals surface area contributed by atoms with E-state index in [4.69, 9.17) is 0 Å². The maximum atomic E-state index is 13.1. The summed E-state index contributed by atoms with van der Waals surface area (Å²) in [6.07, 6.45) is 6.47. The molecule has 2 unspecified atom stereocenters. The van der Waals surface area contributed by atoms with Crippen molar-refractivity contribution in [2.45, 2.75) is 69.4 Å². The molecule has 2 heterocycles. The van der Waals surface area contributed by atoms with Crippen molar-refractivity contribution in [1.82, 2.24) is 4.31 Å². The van der Waals surface area contributed by atoms with Crippen LogP contribution in [0.2, 0.25) is 0 Å². The topological polar surface area (TPSA) is 37.4 Å². The molecule has 0 radical (unpaired) electrons. The highest BCUT2D eigenvalue weighted by atomic mass is 32.2. The molecule has 1 aromatic rings. The van der Waals surface area contributed by atoms with Gasteiger partial charge in [0.25, 0.3) is 0 Å². The number of rotatable bonds is 2. The van der Waals surface area contributed by atoms with Gasteiger partial charge in [-0.05, 0) is 75.6 Å². The van der Waals surface area contributed by atoms with E-state index in [1.54, 1.807) is 17.2 Å². The van der Waals surface area contributed by atoms with E-state index in [1.165, 1.54) is 12.8 Å². The van der Waals surface area contributed by atoms with E-state index in [1.807, 2.05) is 30.3 Å². The van der Waals surface area contributed by atoms with Gasteiger partial charge in [0.1, 0.15) is 0 Å². The number of benzene rings is 1. The van der Waals surface area contributed by atoms with E-state index >= 15 is 0 Å². The van der Waals surface area contributed by atoms with Crippen LogP contribution in [-0.2, 0) is 10.0 Å². The SMILES string of the molecule is Cc1ccc(S(=O)(=O)N2C3CCC2CC(=C2CC2)C3)cc1C. The molecule has 1 aromatic carbocycles. The number of nitrogens with zero attached hydrogens (tertiary/aromatic N) is 1. The van der Waals surface area contributed by atoms with Crippen LogP contribution in [0.4, 0.5) is 0 Å². The van der Waals surface area contributed by atoms with Gasteiger partial charge in [0.05, 0.1) is 4.90 Å². The normalized spacial score (nSPS) is 28.3. The van der Waals surface area contributed by atoms with Gasteiger partial charge in [0, 0.05) is 12.1 Å². The molecule has 3 aliphatic rings. The van der Waals surface area contributed by atoms with Crippen molar-refractivity contribution in [2.24, 2.45) is 0 Å². The highest BCUT2D eigenvalue weighted by molar-refractivity contribution is 7.89. The first-order valence-electron chi connectivity index (χ1n) is 8.27. The molecule has 0 aromatic heterocycles. The highest BCUT2D eigenvalue weighted by Crippen LogP contribution is 2.46. The van der Waals surface area contributed by atoms with E-state index in [-0.39, 0.29) is 12.1 Å². The van der Waals surface area contributed by atoms with Gasteiger partial charge in [-0.25, -0.2) is 8.42 Å². The van der Waals surface area contributed by atoms with Gasteiger partial charge in [0.15, 0.2) is 0 Å². The van der Waals surface area contributed by atoms with Crippen LogP contribution in [0.1, 0.15) is 49.7 Å². The van der Waals surface area contributed by atoms with Gasteiger partial charge in [0.2, 0.25) is 10.0 Å². The summed E-state index contributed by atoms with van der Waals surface area (Å²) >= 11 is 0. The van der Waals surface area contributed by atoms with Gasteiger partial charge >= 0.3 is 0 Å². The van der Waals surface area contributed by atoms with Crippen LogP contribution in [0.3, 0.4) is 0 Å². The Morgan fingerprint density at radius 2 is 1.59 bits per heavy atom. The van der Waals surface area contributed by atoms with E-state index in [9.17, 15) is 8.42 Å². The Hall–Kier alpha value is -1.13. The number of fused-ring (bicyclic) bond motifs is 2. The fraction of sp³-hybridized carbons (Fsp3) is 0.556. The molecule has 2 aliphatic heterocycles. The third kappa shape index (κ3) is 2.24. The van der Waals surface area contributed by atoms with Crippen molar-refractivity contribution < 1.29 is 8.42 Å². The van der Waals surface area contributed by atoms with Crippen LogP contribution in [0.25, 0.3) is 0 Å². The Balaban J connectivity index is 1.69. The number of allylic oxidation sites excluding steroid dienone is 1. The van der Waals surface area contributed by atoms with Crippen molar-refractivity contribution in [2.75, 3.05) is 0 Å². The second kappa shape index (κ2) is 4.93. The molecule has 3 nitrogen and oxygen atoms in total. The zero-order valence-corrected chi connectivity index (χ0v) is 14.1. The maximum absolute atomic E-state index is 13.1. The Bertz CT molecular complexity index is 741. The molecule has 3 fully saturated rings. The molecular formula is C18H23NO2S. The summed E-state index contributed by atoms with van der Waals surface area (Å²) in [7, 11) is -3.36. The third-order valence-electron chi connectivity index (χ3n) is 5.57. The Labute approximate surface area is 133 Å². The Morgan fingerprint density at radius 3 is 2.14 bits per heavy atom. The molecule has 1 aliphatic carbocycles. The van der Waals surface area contributed by atoms with Crippen LogP contribution < -0.4 is 0 Å². The molecule has 0 spiro atoms. The average Bonchev–Trinajstić information content (AvgIpc) is 3.27. The lowest BCUT2D eigenvalue weighted by Crippen LogP contribution is -2.44. The molecule has 0 N–H and O–H groups in total. The van der Waals surface area contributed by atoms with Gasteiger partial charge in [-0.1, -0.05) is 17.2 Å². The second-order valence-corrected chi connectivity index (χ2v) is 8.92. The third-order valence-corrected chi connectivity index (χ3v) is 7.57. The molecule has 0 amide bonds. The van der Waals surface area contributed by atoms with Crippen molar-refractivity contribution in [3.8, 4) is 0 Å².